The van der Waals surface area contributed by atoms with Crippen LogP contribution in [-0.4, -0.2) is 48.0 Å². The molecule has 1 amide bonds. The number of aromatic nitrogens is 1. The van der Waals surface area contributed by atoms with Crippen molar-refractivity contribution in [2.75, 3.05) is 36.4 Å². The first-order valence-corrected chi connectivity index (χ1v) is 9.23. The van der Waals surface area contributed by atoms with Crippen molar-refractivity contribution >= 4 is 17.4 Å². The van der Waals surface area contributed by atoms with Gasteiger partial charge in [-0.1, -0.05) is 18.2 Å². The number of amides is 1. The van der Waals surface area contributed by atoms with Crippen LogP contribution in [0.1, 0.15) is 18.9 Å². The Bertz CT molecular complexity index is 780. The van der Waals surface area contributed by atoms with Gasteiger partial charge in [-0.2, -0.15) is 13.2 Å². The van der Waals surface area contributed by atoms with Crippen molar-refractivity contribution in [3.05, 3.63) is 54.2 Å². The molecule has 2 heterocycles. The summed E-state index contributed by atoms with van der Waals surface area (Å²) in [5.41, 5.74) is 0.00339. The zero-order valence-electron chi connectivity index (χ0n) is 15.6. The van der Waals surface area contributed by atoms with E-state index in [9.17, 15) is 18.0 Å². The Hall–Kier alpha value is -2.61. The fourth-order valence-electron chi connectivity index (χ4n) is 3.23. The number of rotatable bonds is 4. The Balaban J connectivity index is 1.59. The first-order valence-electron chi connectivity index (χ1n) is 9.23. The van der Waals surface area contributed by atoms with Crippen LogP contribution in [0.4, 0.5) is 24.7 Å². The van der Waals surface area contributed by atoms with Gasteiger partial charge in [-0.15, -0.1) is 0 Å². The normalized spacial score (nSPS) is 17.1. The monoisotopic (exact) mass is 392 g/mol. The summed E-state index contributed by atoms with van der Waals surface area (Å²) in [6.07, 6.45) is -2.72. The zero-order valence-corrected chi connectivity index (χ0v) is 15.6. The molecule has 0 spiro atoms. The largest absolute Gasteiger partial charge is 0.417 e. The Morgan fingerprint density at radius 2 is 1.82 bits per heavy atom. The second kappa shape index (κ2) is 8.60. The second-order valence-electron chi connectivity index (χ2n) is 6.81. The topological polar surface area (TPSA) is 48.5 Å². The lowest BCUT2D eigenvalue weighted by atomic mass is 10.2. The molecule has 2 aromatic rings. The molecule has 1 N–H and O–H groups in total. The van der Waals surface area contributed by atoms with Crippen LogP contribution in [0.2, 0.25) is 0 Å². The number of nitrogens with one attached hydrogen (secondary N) is 1. The molecule has 28 heavy (non-hydrogen) atoms. The van der Waals surface area contributed by atoms with Gasteiger partial charge in [0.15, 0.2) is 0 Å². The molecule has 0 aliphatic carbocycles. The van der Waals surface area contributed by atoms with E-state index in [0.717, 1.165) is 30.9 Å². The summed E-state index contributed by atoms with van der Waals surface area (Å²) in [6.45, 7) is 4.51. The van der Waals surface area contributed by atoms with Crippen LogP contribution in [0.15, 0.2) is 48.7 Å². The predicted octanol–water partition coefficient (Wildman–Crippen LogP) is 3.64. The lowest BCUT2D eigenvalue weighted by Crippen LogP contribution is -2.44. The second-order valence-corrected chi connectivity index (χ2v) is 6.81. The van der Waals surface area contributed by atoms with Crippen LogP contribution in [0.5, 0.6) is 0 Å². The quantitative estimate of drug-likeness (QED) is 0.863. The van der Waals surface area contributed by atoms with Crippen LogP contribution < -0.4 is 10.2 Å². The van der Waals surface area contributed by atoms with Crippen LogP contribution in [0, 0.1) is 0 Å². The van der Waals surface area contributed by atoms with E-state index in [1.165, 1.54) is 6.07 Å². The van der Waals surface area contributed by atoms with Crippen molar-refractivity contribution in [2.45, 2.75) is 25.6 Å². The number of hydrogen-bond donors (Lipinski definition) is 1. The molecule has 5 nitrogen and oxygen atoms in total. The maximum Gasteiger partial charge on any atom is 0.417 e. The number of halogens is 3. The SMILES string of the molecule is C[C@H](C(=O)Nc1ccccc1)N1CCCN(c2ccc(C(F)(F)F)cn2)CC1. The summed E-state index contributed by atoms with van der Waals surface area (Å²) in [5, 5.41) is 2.91. The Morgan fingerprint density at radius 3 is 2.46 bits per heavy atom. The maximum atomic E-state index is 12.7. The summed E-state index contributed by atoms with van der Waals surface area (Å²) in [6, 6.07) is 11.4. The first-order chi connectivity index (χ1) is 13.3. The number of pyridine rings is 1. The Morgan fingerprint density at radius 1 is 1.07 bits per heavy atom. The van der Waals surface area contributed by atoms with Crippen molar-refractivity contribution in [3.63, 3.8) is 0 Å². The van der Waals surface area contributed by atoms with E-state index in [0.29, 0.717) is 25.5 Å². The van der Waals surface area contributed by atoms with Gasteiger partial charge in [0.2, 0.25) is 5.91 Å². The molecule has 0 saturated carbocycles. The number of carbonyl (C=O) groups excluding carboxylic acids is 1. The number of hydrogen-bond acceptors (Lipinski definition) is 4. The average molecular weight is 392 g/mol. The first kappa shape index (κ1) is 20.1. The highest BCUT2D eigenvalue weighted by molar-refractivity contribution is 5.94. The molecular weight excluding hydrogens is 369 g/mol. The lowest BCUT2D eigenvalue weighted by molar-refractivity contribution is -0.137. The minimum absolute atomic E-state index is 0.0766. The van der Waals surface area contributed by atoms with E-state index in [2.05, 4.69) is 15.2 Å². The molecule has 150 valence electrons. The molecule has 0 bridgehead atoms. The van der Waals surface area contributed by atoms with E-state index in [-0.39, 0.29) is 11.9 Å². The summed E-state index contributed by atoms with van der Waals surface area (Å²) in [7, 11) is 0. The van der Waals surface area contributed by atoms with Gasteiger partial charge in [-0.25, -0.2) is 4.98 Å². The Labute approximate surface area is 162 Å². The van der Waals surface area contributed by atoms with Crippen molar-refractivity contribution in [1.82, 2.24) is 9.88 Å². The number of para-hydroxylation sites is 1. The van der Waals surface area contributed by atoms with E-state index < -0.39 is 11.7 Å². The van der Waals surface area contributed by atoms with Crippen LogP contribution in [0.25, 0.3) is 0 Å². The lowest BCUT2D eigenvalue weighted by Gasteiger charge is -2.27. The number of benzene rings is 1. The molecule has 1 aromatic heterocycles. The number of nitrogens with zero attached hydrogens (tertiary/aromatic N) is 3. The highest BCUT2D eigenvalue weighted by atomic mass is 19.4. The predicted molar refractivity (Wildman–Crippen MR) is 102 cm³/mol. The fourth-order valence-corrected chi connectivity index (χ4v) is 3.23. The number of alkyl halides is 3. The summed E-state index contributed by atoms with van der Waals surface area (Å²) in [4.78, 5) is 20.5. The molecule has 1 aliphatic heterocycles. The molecule has 8 heteroatoms. The van der Waals surface area contributed by atoms with Crippen LogP contribution >= 0.6 is 0 Å². The third-order valence-corrected chi connectivity index (χ3v) is 4.90. The molecule has 1 fully saturated rings. The highest BCUT2D eigenvalue weighted by Crippen LogP contribution is 2.29. The summed E-state index contributed by atoms with van der Waals surface area (Å²) < 4.78 is 38.1. The van der Waals surface area contributed by atoms with E-state index in [1.807, 2.05) is 42.2 Å². The van der Waals surface area contributed by atoms with Gasteiger partial charge in [0, 0.05) is 38.1 Å². The fraction of sp³-hybridized carbons (Fsp3) is 0.400. The number of carbonyl (C=O) groups is 1. The summed E-state index contributed by atoms with van der Waals surface area (Å²) >= 11 is 0. The average Bonchev–Trinajstić information content (AvgIpc) is 2.94. The van der Waals surface area contributed by atoms with Gasteiger partial charge >= 0.3 is 6.18 Å². The van der Waals surface area contributed by atoms with Gasteiger partial charge in [0.1, 0.15) is 5.82 Å². The minimum Gasteiger partial charge on any atom is -0.355 e. The smallest absolute Gasteiger partial charge is 0.355 e. The van der Waals surface area contributed by atoms with Crippen molar-refractivity contribution in [2.24, 2.45) is 0 Å². The van der Waals surface area contributed by atoms with Gasteiger partial charge in [0.25, 0.3) is 0 Å². The third-order valence-electron chi connectivity index (χ3n) is 4.90. The molecule has 1 aromatic carbocycles. The van der Waals surface area contributed by atoms with Crippen molar-refractivity contribution in [3.8, 4) is 0 Å². The van der Waals surface area contributed by atoms with E-state index >= 15 is 0 Å². The molecule has 1 aliphatic rings. The standard InChI is InChI=1S/C20H23F3N4O/c1-15(19(28)25-17-6-3-2-4-7-17)26-10-5-11-27(13-12-26)18-9-8-16(14-24-18)20(21,22)23/h2-4,6-9,14-15H,5,10-13H2,1H3,(H,25,28)/t15-/m1/s1. The highest BCUT2D eigenvalue weighted by Gasteiger charge is 2.31. The van der Waals surface area contributed by atoms with Crippen molar-refractivity contribution < 1.29 is 18.0 Å². The van der Waals surface area contributed by atoms with Crippen LogP contribution in [0.3, 0.4) is 0 Å². The van der Waals surface area contributed by atoms with Crippen molar-refractivity contribution in [1.29, 1.82) is 0 Å². The Kier molecular flexibility index (Phi) is 6.18. The maximum absolute atomic E-state index is 12.7. The molecule has 0 unspecified atom stereocenters. The molecule has 0 radical (unpaired) electrons. The zero-order chi connectivity index (χ0) is 20.1. The molecular formula is C20H23F3N4O. The van der Waals surface area contributed by atoms with Gasteiger partial charge in [-0.3, -0.25) is 9.69 Å². The summed E-state index contributed by atoms with van der Waals surface area (Å²) in [5.74, 6) is 0.448. The van der Waals surface area contributed by atoms with E-state index in [1.54, 1.807) is 0 Å². The number of anilines is 2. The van der Waals surface area contributed by atoms with E-state index in [4.69, 9.17) is 0 Å². The van der Waals surface area contributed by atoms with Crippen LogP contribution in [-0.2, 0) is 11.0 Å². The molecule has 3 rings (SSSR count). The van der Waals surface area contributed by atoms with Gasteiger partial charge < -0.3 is 10.2 Å². The van der Waals surface area contributed by atoms with Gasteiger partial charge in [-0.05, 0) is 37.6 Å². The van der Waals surface area contributed by atoms with Gasteiger partial charge in [0.05, 0.1) is 11.6 Å². The third kappa shape index (κ3) is 5.01. The molecule has 1 atom stereocenters. The molecule has 1 saturated heterocycles. The minimum atomic E-state index is -4.39.